The molecule has 12 unspecified atom stereocenters. The highest BCUT2D eigenvalue weighted by Crippen LogP contribution is 2.32. The molecule has 0 radical (unpaired) electrons. The smallest absolute Gasteiger partial charge is 0.306 e. The van der Waals surface area contributed by atoms with Crippen molar-refractivity contribution in [3.05, 3.63) is 0 Å². The molecule has 13 nitrogen and oxygen atoms in total. The van der Waals surface area contributed by atoms with E-state index in [0.29, 0.717) is 36.0 Å². The lowest BCUT2D eigenvalue weighted by atomic mass is 9.83. The molecular weight excluding hydrogens is 773 g/mol. The van der Waals surface area contributed by atoms with Crippen molar-refractivity contribution in [2.75, 3.05) is 0 Å². The summed E-state index contributed by atoms with van der Waals surface area (Å²) in [5.41, 5.74) is 0. The molecule has 6 saturated carbocycles. The number of aliphatic hydroxyl groups is 1. The van der Waals surface area contributed by atoms with Crippen LogP contribution in [0, 0.1) is 65.1 Å². The van der Waals surface area contributed by atoms with Crippen LogP contribution in [0.25, 0.3) is 0 Å². The molecule has 6 aliphatic carbocycles. The van der Waals surface area contributed by atoms with Crippen LogP contribution in [0.4, 0.5) is 0 Å². The van der Waals surface area contributed by atoms with Gasteiger partial charge in [-0.25, -0.2) is 0 Å². The van der Waals surface area contributed by atoms with Gasteiger partial charge in [0.1, 0.15) is 0 Å². The Morgan fingerprint density at radius 3 is 0.567 bits per heavy atom. The fraction of sp³-hybridized carbons (Fsp3) is 0.872. The summed E-state index contributed by atoms with van der Waals surface area (Å²) in [5.74, 6) is -1.25. The zero-order chi connectivity index (χ0) is 45.4. The number of hydrogen-bond acceptors (Lipinski definition) is 7. The van der Waals surface area contributed by atoms with E-state index in [2.05, 4.69) is 34.6 Å². The molecule has 0 aliphatic heterocycles. The van der Waals surface area contributed by atoms with Crippen LogP contribution in [0.5, 0.6) is 0 Å². The van der Waals surface area contributed by atoms with E-state index in [-0.39, 0.29) is 41.6 Å². The van der Waals surface area contributed by atoms with Gasteiger partial charge in [0.05, 0.1) is 41.6 Å². The van der Waals surface area contributed by atoms with Crippen LogP contribution in [0.2, 0.25) is 0 Å². The molecule has 0 aromatic carbocycles. The summed E-state index contributed by atoms with van der Waals surface area (Å²) in [5, 5.41) is 60.9. The molecule has 7 N–H and O–H groups in total. The van der Waals surface area contributed by atoms with Gasteiger partial charge in [0.25, 0.3) is 0 Å². The Labute approximate surface area is 359 Å². The molecule has 0 amide bonds. The van der Waals surface area contributed by atoms with E-state index in [1.165, 1.54) is 32.1 Å². The predicted molar refractivity (Wildman–Crippen MR) is 229 cm³/mol. The van der Waals surface area contributed by atoms with E-state index in [9.17, 15) is 28.8 Å². The molecule has 0 aromatic heterocycles. The van der Waals surface area contributed by atoms with Crippen LogP contribution in [0.3, 0.4) is 0 Å². The summed E-state index contributed by atoms with van der Waals surface area (Å²) in [6.07, 6.45) is 22.8. The molecule has 0 saturated heterocycles. The molecule has 60 heavy (non-hydrogen) atoms. The van der Waals surface area contributed by atoms with E-state index in [4.69, 9.17) is 35.7 Å². The number of aliphatic carboxylic acids is 6. The monoisotopic (exact) mass is 855 g/mol. The summed E-state index contributed by atoms with van der Waals surface area (Å²) >= 11 is 0. The second-order valence-corrected chi connectivity index (χ2v) is 19.4. The number of aliphatic hydroxyl groups excluding tert-OH is 1. The number of carboxylic acids is 6. The minimum absolute atomic E-state index is 0.0521. The third-order valence-electron chi connectivity index (χ3n) is 13.4. The maximum atomic E-state index is 10.5. The zero-order valence-corrected chi connectivity index (χ0v) is 37.5. The van der Waals surface area contributed by atoms with Gasteiger partial charge in [-0.1, -0.05) is 105 Å². The van der Waals surface area contributed by atoms with Gasteiger partial charge in [-0.15, -0.1) is 0 Å². The molecule has 6 rings (SSSR count). The first-order chi connectivity index (χ1) is 28.2. The van der Waals surface area contributed by atoms with Crippen LogP contribution < -0.4 is 0 Å². The molecule has 6 aliphatic rings. The summed E-state index contributed by atoms with van der Waals surface area (Å²) < 4.78 is 0. The maximum Gasteiger partial charge on any atom is 0.306 e. The molecule has 13 heteroatoms. The lowest BCUT2D eigenvalue weighted by Crippen LogP contribution is -2.25. The molecular formula is C47H82O13. The zero-order valence-electron chi connectivity index (χ0n) is 37.5. The maximum absolute atomic E-state index is 10.5. The van der Waals surface area contributed by atoms with Gasteiger partial charge in [-0.05, 0) is 113 Å². The third kappa shape index (κ3) is 24.3. The van der Waals surface area contributed by atoms with E-state index >= 15 is 0 Å². The highest BCUT2D eigenvalue weighted by molar-refractivity contribution is 5.71. The molecule has 6 fully saturated rings. The van der Waals surface area contributed by atoms with Gasteiger partial charge in [0, 0.05) is 0 Å². The van der Waals surface area contributed by atoms with Gasteiger partial charge >= 0.3 is 35.8 Å². The van der Waals surface area contributed by atoms with Crippen molar-refractivity contribution in [3.8, 4) is 0 Å². The van der Waals surface area contributed by atoms with Crippen molar-refractivity contribution in [2.45, 2.75) is 195 Å². The molecule has 0 spiro atoms. The molecule has 0 aromatic rings. The Hall–Kier alpha value is -3.22. The Balaban J connectivity index is 0.000000360. The summed E-state index contributed by atoms with van der Waals surface area (Å²) in [4.78, 5) is 62.9. The van der Waals surface area contributed by atoms with Gasteiger partial charge < -0.3 is 35.7 Å². The Bertz CT molecular complexity index is 1040. The van der Waals surface area contributed by atoms with E-state index in [1.54, 1.807) is 0 Å². The SMILES string of the molecule is CC1CCCC(C(=O)O)C1.CC1CCCC(C(=O)O)C1.CC1CCCC(C(=O)O)C1.CC1CCCC(C(=O)O)C1.CC1CCCC(C(=O)O)C1.O=C(O)C1CCCC(O)C1. The lowest BCUT2D eigenvalue weighted by Gasteiger charge is -2.22. The number of carboxylic acid groups (broad SMARTS) is 6. The normalized spacial score (nSPS) is 33.7. The molecule has 12 atom stereocenters. The summed E-state index contributed by atoms with van der Waals surface area (Å²) in [6.45, 7) is 10.7. The molecule has 0 heterocycles. The van der Waals surface area contributed by atoms with Crippen molar-refractivity contribution in [1.82, 2.24) is 0 Å². The van der Waals surface area contributed by atoms with Crippen LogP contribution in [-0.4, -0.2) is 77.7 Å². The van der Waals surface area contributed by atoms with Crippen molar-refractivity contribution in [1.29, 1.82) is 0 Å². The highest BCUT2D eigenvalue weighted by Gasteiger charge is 2.28. The first-order valence-electron chi connectivity index (χ1n) is 23.2. The van der Waals surface area contributed by atoms with E-state index < -0.39 is 35.8 Å². The predicted octanol–water partition coefficient (Wildman–Crippen LogP) is 10.1. The minimum Gasteiger partial charge on any atom is -0.481 e. The fourth-order valence-electron chi connectivity index (χ4n) is 9.68. The van der Waals surface area contributed by atoms with Crippen LogP contribution in [-0.2, 0) is 28.8 Å². The van der Waals surface area contributed by atoms with Crippen molar-refractivity contribution in [3.63, 3.8) is 0 Å². The second-order valence-electron chi connectivity index (χ2n) is 19.4. The summed E-state index contributed by atoms with van der Waals surface area (Å²) in [6, 6.07) is 0. The number of hydrogen-bond donors (Lipinski definition) is 7. The van der Waals surface area contributed by atoms with Crippen LogP contribution in [0.1, 0.15) is 189 Å². The Morgan fingerprint density at radius 2 is 0.450 bits per heavy atom. The van der Waals surface area contributed by atoms with Gasteiger partial charge in [0.15, 0.2) is 0 Å². The lowest BCUT2D eigenvalue weighted by molar-refractivity contribution is -0.144. The largest absolute Gasteiger partial charge is 0.481 e. The van der Waals surface area contributed by atoms with Crippen molar-refractivity contribution in [2.24, 2.45) is 65.1 Å². The first-order valence-corrected chi connectivity index (χ1v) is 23.2. The fourth-order valence-corrected chi connectivity index (χ4v) is 9.68. The molecule has 0 bridgehead atoms. The first kappa shape index (κ1) is 54.8. The van der Waals surface area contributed by atoms with Crippen LogP contribution >= 0.6 is 0 Å². The second kappa shape index (κ2) is 29.9. The summed E-state index contributed by atoms with van der Waals surface area (Å²) in [7, 11) is 0. The van der Waals surface area contributed by atoms with Gasteiger partial charge in [-0.2, -0.15) is 0 Å². The van der Waals surface area contributed by atoms with Crippen molar-refractivity contribution < 1.29 is 64.5 Å². The average Bonchev–Trinajstić information content (AvgIpc) is 3.19. The quantitative estimate of drug-likeness (QED) is 0.132. The minimum atomic E-state index is -0.765. The van der Waals surface area contributed by atoms with Crippen LogP contribution in [0.15, 0.2) is 0 Å². The van der Waals surface area contributed by atoms with E-state index in [0.717, 1.165) is 116 Å². The standard InChI is InChI=1S/5C8H14O2.C7H12O3/c5*1-6-3-2-4-7(5-6)8(9)10;8-6-3-1-2-5(4-6)7(9)10/h5*6-7H,2-5H2,1H3,(H,9,10);5-6,8H,1-4H2,(H,9,10). The van der Waals surface area contributed by atoms with Crippen molar-refractivity contribution >= 4 is 35.8 Å². The average molecular weight is 855 g/mol. The Kier molecular flexibility index (Phi) is 27.3. The topological polar surface area (TPSA) is 244 Å². The third-order valence-corrected chi connectivity index (χ3v) is 13.4. The number of carbonyl (C=O) groups is 6. The van der Waals surface area contributed by atoms with Gasteiger partial charge in [0.2, 0.25) is 0 Å². The van der Waals surface area contributed by atoms with Gasteiger partial charge in [-0.3, -0.25) is 28.8 Å². The van der Waals surface area contributed by atoms with E-state index in [1.807, 2.05) is 0 Å². The molecule has 348 valence electrons. The number of rotatable bonds is 6. The highest BCUT2D eigenvalue weighted by atomic mass is 16.4. The Morgan fingerprint density at radius 1 is 0.283 bits per heavy atom.